The molecule has 0 saturated heterocycles. The third-order valence-corrected chi connectivity index (χ3v) is 2.31. The molecule has 0 aliphatic heterocycles. The molecular weight excluding hydrogens is 188 g/mol. The normalized spacial score (nSPS) is 10.6. The maximum Gasteiger partial charge on any atom is 0.159 e. The van der Waals surface area contributed by atoms with E-state index in [4.69, 9.17) is 0 Å². The van der Waals surface area contributed by atoms with Crippen molar-refractivity contribution < 1.29 is 0 Å². The Bertz CT molecular complexity index is 473. The van der Waals surface area contributed by atoms with E-state index in [1.54, 1.807) is 12.4 Å². The Morgan fingerprint density at radius 1 is 1.27 bits per heavy atom. The van der Waals surface area contributed by atoms with Gasteiger partial charge in [0.1, 0.15) is 5.82 Å². The van der Waals surface area contributed by atoms with Crippen molar-refractivity contribution in [2.45, 2.75) is 27.2 Å². The lowest BCUT2D eigenvalue weighted by molar-refractivity contribution is 0.841. The van der Waals surface area contributed by atoms with E-state index in [0.29, 0.717) is 0 Å². The first-order valence-electron chi connectivity index (χ1n) is 5.05. The minimum Gasteiger partial charge on any atom is -0.286 e. The molecule has 2 aromatic heterocycles. The van der Waals surface area contributed by atoms with Crippen LogP contribution < -0.4 is 0 Å². The van der Waals surface area contributed by atoms with Gasteiger partial charge < -0.3 is 0 Å². The molecule has 0 unspecified atom stereocenters. The average Bonchev–Trinajstić information content (AvgIpc) is 2.69. The maximum absolute atomic E-state index is 4.48. The maximum atomic E-state index is 4.48. The van der Waals surface area contributed by atoms with Crippen molar-refractivity contribution in [3.8, 4) is 5.82 Å². The molecule has 0 aliphatic carbocycles. The predicted octanol–water partition coefficient (Wildman–Crippen LogP) is 1.84. The van der Waals surface area contributed by atoms with Crippen molar-refractivity contribution in [3.63, 3.8) is 0 Å². The van der Waals surface area contributed by atoms with Crippen LogP contribution >= 0.6 is 0 Å². The summed E-state index contributed by atoms with van der Waals surface area (Å²) in [6, 6.07) is 0. The zero-order valence-electron chi connectivity index (χ0n) is 9.23. The monoisotopic (exact) mass is 202 g/mol. The molecule has 15 heavy (non-hydrogen) atoms. The topological polar surface area (TPSA) is 43.6 Å². The molecule has 2 aromatic rings. The van der Waals surface area contributed by atoms with Gasteiger partial charge in [0.15, 0.2) is 5.82 Å². The Balaban J connectivity index is 2.58. The number of aryl methyl sites for hydroxylation is 3. The highest BCUT2D eigenvalue weighted by molar-refractivity contribution is 5.30. The Morgan fingerprint density at radius 2 is 2.07 bits per heavy atom. The highest BCUT2D eigenvalue weighted by Gasteiger charge is 2.08. The second-order valence-electron chi connectivity index (χ2n) is 3.49. The van der Waals surface area contributed by atoms with Gasteiger partial charge in [0.25, 0.3) is 0 Å². The molecule has 4 nitrogen and oxygen atoms in total. The van der Waals surface area contributed by atoms with E-state index in [-0.39, 0.29) is 0 Å². The van der Waals surface area contributed by atoms with Crippen molar-refractivity contribution in [1.82, 2.24) is 19.5 Å². The molecule has 2 heterocycles. The summed E-state index contributed by atoms with van der Waals surface area (Å²) >= 11 is 0. The van der Waals surface area contributed by atoms with Gasteiger partial charge in [-0.1, -0.05) is 6.92 Å². The number of imidazole rings is 1. The van der Waals surface area contributed by atoms with E-state index in [1.807, 2.05) is 24.6 Å². The summed E-state index contributed by atoms with van der Waals surface area (Å²) in [5.74, 6) is 1.89. The van der Waals surface area contributed by atoms with Crippen molar-refractivity contribution in [2.24, 2.45) is 0 Å². The summed E-state index contributed by atoms with van der Waals surface area (Å²) in [5, 5.41) is 0. The minimum absolute atomic E-state index is 0.879. The molecular formula is C11H14N4. The van der Waals surface area contributed by atoms with Crippen LogP contribution in [0.15, 0.2) is 18.6 Å². The summed E-state index contributed by atoms with van der Waals surface area (Å²) in [6.45, 7) is 5.98. The van der Waals surface area contributed by atoms with Crippen LogP contribution in [0, 0.1) is 13.8 Å². The van der Waals surface area contributed by atoms with Crippen molar-refractivity contribution >= 4 is 0 Å². The van der Waals surface area contributed by atoms with Gasteiger partial charge in [-0.2, -0.15) is 0 Å². The Morgan fingerprint density at radius 3 is 2.80 bits per heavy atom. The predicted molar refractivity (Wildman–Crippen MR) is 58.0 cm³/mol. The molecule has 0 atom stereocenters. The molecule has 0 aromatic carbocycles. The number of nitrogens with zero attached hydrogens (tertiary/aromatic N) is 4. The lowest BCUT2D eigenvalue weighted by Crippen LogP contribution is -2.06. The van der Waals surface area contributed by atoms with Crippen LogP contribution in [0.4, 0.5) is 0 Å². The van der Waals surface area contributed by atoms with Gasteiger partial charge in [0, 0.05) is 25.0 Å². The zero-order chi connectivity index (χ0) is 10.8. The van der Waals surface area contributed by atoms with Crippen molar-refractivity contribution in [2.75, 3.05) is 0 Å². The number of hydrogen-bond donors (Lipinski definition) is 0. The summed E-state index contributed by atoms with van der Waals surface area (Å²) in [5.41, 5.74) is 1.85. The van der Waals surface area contributed by atoms with Gasteiger partial charge in [-0.05, 0) is 13.8 Å². The first-order chi connectivity index (χ1) is 7.22. The second kappa shape index (κ2) is 3.81. The molecule has 0 amide bonds. The molecule has 78 valence electrons. The largest absolute Gasteiger partial charge is 0.286 e. The quantitative estimate of drug-likeness (QED) is 0.746. The molecule has 0 radical (unpaired) electrons. The molecule has 0 bridgehead atoms. The molecule has 0 saturated carbocycles. The van der Waals surface area contributed by atoms with Gasteiger partial charge in [0.2, 0.25) is 0 Å². The Hall–Kier alpha value is -1.71. The third-order valence-electron chi connectivity index (χ3n) is 2.31. The van der Waals surface area contributed by atoms with E-state index in [9.17, 15) is 0 Å². The summed E-state index contributed by atoms with van der Waals surface area (Å²) in [6.07, 6.45) is 6.39. The smallest absolute Gasteiger partial charge is 0.159 e. The standard InChI is InChI=1S/C11H14N4/c1-4-10-12-5-6-15(10)11-9(3)13-7-8(2)14-11/h5-7H,4H2,1-3H3. The first-order valence-corrected chi connectivity index (χ1v) is 5.05. The van der Waals surface area contributed by atoms with Crippen LogP contribution in [-0.4, -0.2) is 19.5 Å². The summed E-state index contributed by atoms with van der Waals surface area (Å²) in [4.78, 5) is 13.1. The van der Waals surface area contributed by atoms with Crippen LogP contribution in [0.3, 0.4) is 0 Å². The van der Waals surface area contributed by atoms with E-state index >= 15 is 0 Å². The van der Waals surface area contributed by atoms with Crippen molar-refractivity contribution in [1.29, 1.82) is 0 Å². The van der Waals surface area contributed by atoms with Crippen molar-refractivity contribution in [3.05, 3.63) is 35.8 Å². The number of hydrogen-bond acceptors (Lipinski definition) is 3. The fourth-order valence-corrected chi connectivity index (χ4v) is 1.54. The SMILES string of the molecule is CCc1nccn1-c1nc(C)cnc1C. The van der Waals surface area contributed by atoms with Crippen LogP contribution in [0.2, 0.25) is 0 Å². The Labute approximate surface area is 89.0 Å². The van der Waals surface area contributed by atoms with E-state index < -0.39 is 0 Å². The summed E-state index contributed by atoms with van der Waals surface area (Å²) in [7, 11) is 0. The van der Waals surface area contributed by atoms with Crippen LogP contribution in [0.5, 0.6) is 0 Å². The molecule has 2 rings (SSSR count). The molecule has 0 aliphatic rings. The van der Waals surface area contributed by atoms with Crippen LogP contribution in [0.25, 0.3) is 5.82 Å². The molecule has 0 spiro atoms. The lowest BCUT2D eigenvalue weighted by atomic mass is 10.4. The van der Waals surface area contributed by atoms with E-state index in [2.05, 4.69) is 21.9 Å². The molecule has 4 heteroatoms. The van der Waals surface area contributed by atoms with Gasteiger partial charge in [-0.15, -0.1) is 0 Å². The third kappa shape index (κ3) is 1.75. The van der Waals surface area contributed by atoms with Crippen LogP contribution in [-0.2, 0) is 6.42 Å². The first kappa shape index (κ1) is 9.83. The average molecular weight is 202 g/mol. The summed E-state index contributed by atoms with van der Waals surface area (Å²) < 4.78 is 2.00. The van der Waals surface area contributed by atoms with E-state index in [1.165, 1.54) is 0 Å². The highest BCUT2D eigenvalue weighted by Crippen LogP contribution is 2.11. The fourth-order valence-electron chi connectivity index (χ4n) is 1.54. The zero-order valence-corrected chi connectivity index (χ0v) is 9.23. The van der Waals surface area contributed by atoms with Gasteiger partial charge in [-0.25, -0.2) is 9.97 Å². The van der Waals surface area contributed by atoms with Gasteiger partial charge in [0.05, 0.1) is 11.4 Å². The van der Waals surface area contributed by atoms with E-state index in [0.717, 1.165) is 29.5 Å². The van der Waals surface area contributed by atoms with Gasteiger partial charge >= 0.3 is 0 Å². The second-order valence-corrected chi connectivity index (χ2v) is 3.49. The van der Waals surface area contributed by atoms with Crippen LogP contribution in [0.1, 0.15) is 24.1 Å². The fraction of sp³-hybridized carbons (Fsp3) is 0.364. The highest BCUT2D eigenvalue weighted by atomic mass is 15.1. The molecule has 0 fully saturated rings. The molecule has 0 N–H and O–H groups in total. The number of aromatic nitrogens is 4. The Kier molecular flexibility index (Phi) is 2.49. The van der Waals surface area contributed by atoms with Gasteiger partial charge in [-0.3, -0.25) is 9.55 Å². The number of rotatable bonds is 2. The minimum atomic E-state index is 0.879. The lowest BCUT2D eigenvalue weighted by Gasteiger charge is -2.08.